The predicted octanol–water partition coefficient (Wildman–Crippen LogP) is 2.40. The fourth-order valence-corrected chi connectivity index (χ4v) is 4.28. The summed E-state index contributed by atoms with van der Waals surface area (Å²) in [5, 5.41) is 6.36. The van der Waals surface area contributed by atoms with Crippen molar-refractivity contribution in [3.8, 4) is 0 Å². The highest BCUT2D eigenvalue weighted by Gasteiger charge is 2.24. The minimum absolute atomic E-state index is 0. The molecule has 0 radical (unpaired) electrons. The number of rotatable bonds is 6. The Bertz CT molecular complexity index is 463. The maximum absolute atomic E-state index is 11.6. The Hall–Kier alpha value is -0.570. The van der Waals surface area contributed by atoms with Gasteiger partial charge in [0.15, 0.2) is 5.96 Å². The molecule has 2 aliphatic heterocycles. The second-order valence-electron chi connectivity index (χ2n) is 8.40. The van der Waals surface area contributed by atoms with Gasteiger partial charge in [-0.2, -0.15) is 0 Å². The lowest BCUT2D eigenvalue weighted by molar-refractivity contribution is -0.121. The molecule has 1 amide bonds. The summed E-state index contributed by atoms with van der Waals surface area (Å²) in [7, 11) is 3.60. The molecular weight excluding hydrogens is 453 g/mol. The monoisotopic (exact) mass is 493 g/mol. The van der Waals surface area contributed by atoms with Crippen molar-refractivity contribution in [3.63, 3.8) is 0 Å². The number of amides is 1. The number of nitrogens with zero attached hydrogens (tertiary/aromatic N) is 3. The molecule has 0 bridgehead atoms. The van der Waals surface area contributed by atoms with Gasteiger partial charge in [0.1, 0.15) is 0 Å². The van der Waals surface area contributed by atoms with Crippen LogP contribution in [0, 0.1) is 17.8 Å². The van der Waals surface area contributed by atoms with Crippen molar-refractivity contribution in [3.05, 3.63) is 0 Å². The minimum Gasteiger partial charge on any atom is -0.359 e. The van der Waals surface area contributed by atoms with E-state index in [4.69, 9.17) is 0 Å². The molecule has 1 atom stereocenters. The summed E-state index contributed by atoms with van der Waals surface area (Å²) >= 11 is 0. The first-order valence-corrected chi connectivity index (χ1v) is 10.4. The van der Waals surface area contributed by atoms with E-state index in [1.807, 2.05) is 7.05 Å². The number of piperidine rings is 2. The van der Waals surface area contributed by atoms with Crippen molar-refractivity contribution < 1.29 is 4.79 Å². The molecule has 0 aliphatic carbocycles. The van der Waals surface area contributed by atoms with Crippen LogP contribution in [0.1, 0.15) is 46.0 Å². The van der Waals surface area contributed by atoms with E-state index in [9.17, 15) is 4.79 Å². The highest BCUT2D eigenvalue weighted by molar-refractivity contribution is 14.0. The lowest BCUT2D eigenvalue weighted by Gasteiger charge is -2.36. The van der Waals surface area contributed by atoms with Gasteiger partial charge in [-0.1, -0.05) is 13.8 Å². The van der Waals surface area contributed by atoms with Crippen LogP contribution in [-0.4, -0.2) is 75.0 Å². The van der Waals surface area contributed by atoms with E-state index in [1.54, 1.807) is 7.05 Å². The maximum atomic E-state index is 11.6. The third-order valence-electron chi connectivity index (χ3n) is 5.65. The molecule has 0 saturated carbocycles. The molecule has 6 nitrogen and oxygen atoms in total. The second kappa shape index (κ2) is 12.8. The normalized spacial score (nSPS) is 22.5. The van der Waals surface area contributed by atoms with Crippen molar-refractivity contribution in [2.45, 2.75) is 46.0 Å². The smallest absolute Gasteiger partial charge is 0.220 e. The van der Waals surface area contributed by atoms with Gasteiger partial charge in [-0.05, 0) is 50.0 Å². The number of halogens is 1. The van der Waals surface area contributed by atoms with E-state index >= 15 is 0 Å². The van der Waals surface area contributed by atoms with Gasteiger partial charge in [-0.15, -0.1) is 24.0 Å². The van der Waals surface area contributed by atoms with Crippen LogP contribution in [0.2, 0.25) is 0 Å². The number of guanidine groups is 1. The Morgan fingerprint density at radius 3 is 2.44 bits per heavy atom. The molecule has 2 N–H and O–H groups in total. The molecule has 7 heteroatoms. The Morgan fingerprint density at radius 1 is 1.15 bits per heavy atom. The average Bonchev–Trinajstić information content (AvgIpc) is 2.63. The van der Waals surface area contributed by atoms with Crippen LogP contribution in [0.25, 0.3) is 0 Å². The van der Waals surface area contributed by atoms with Gasteiger partial charge in [0.05, 0.1) is 0 Å². The number of carbonyl (C=O) groups is 1. The first kappa shape index (κ1) is 24.5. The quantitative estimate of drug-likeness (QED) is 0.339. The van der Waals surface area contributed by atoms with Crippen LogP contribution in [0.5, 0.6) is 0 Å². The summed E-state index contributed by atoms with van der Waals surface area (Å²) in [6.45, 7) is 11.3. The molecule has 158 valence electrons. The summed E-state index contributed by atoms with van der Waals surface area (Å²) < 4.78 is 0. The third-order valence-corrected chi connectivity index (χ3v) is 5.65. The molecule has 2 aliphatic rings. The van der Waals surface area contributed by atoms with E-state index in [1.165, 1.54) is 32.5 Å². The number of nitrogens with one attached hydrogen (secondary N) is 2. The van der Waals surface area contributed by atoms with Crippen LogP contribution >= 0.6 is 24.0 Å². The van der Waals surface area contributed by atoms with Crippen molar-refractivity contribution in [1.82, 2.24) is 20.4 Å². The zero-order chi connectivity index (χ0) is 18.9. The zero-order valence-corrected chi connectivity index (χ0v) is 20.0. The van der Waals surface area contributed by atoms with Crippen LogP contribution in [0.4, 0.5) is 0 Å². The van der Waals surface area contributed by atoms with E-state index in [0.29, 0.717) is 18.3 Å². The van der Waals surface area contributed by atoms with Crippen LogP contribution in [0.15, 0.2) is 4.99 Å². The summed E-state index contributed by atoms with van der Waals surface area (Å²) in [5.74, 6) is 3.15. The van der Waals surface area contributed by atoms with Gasteiger partial charge in [0, 0.05) is 53.2 Å². The van der Waals surface area contributed by atoms with E-state index in [-0.39, 0.29) is 29.9 Å². The first-order valence-electron chi connectivity index (χ1n) is 10.4. The highest BCUT2D eigenvalue weighted by atomic mass is 127. The molecule has 1 unspecified atom stereocenters. The van der Waals surface area contributed by atoms with Crippen LogP contribution in [-0.2, 0) is 4.79 Å². The van der Waals surface area contributed by atoms with Crippen molar-refractivity contribution in [2.75, 3.05) is 53.4 Å². The number of carbonyl (C=O) groups excluding carboxylic acids is 1. The van der Waals surface area contributed by atoms with Crippen molar-refractivity contribution in [1.29, 1.82) is 0 Å². The summed E-state index contributed by atoms with van der Waals surface area (Å²) in [6.07, 6.45) is 5.42. The molecular formula is C20H40IN5O. The predicted molar refractivity (Wildman–Crippen MR) is 124 cm³/mol. The molecule has 0 spiro atoms. The lowest BCUT2D eigenvalue weighted by Crippen LogP contribution is -2.49. The fourth-order valence-electron chi connectivity index (χ4n) is 4.28. The summed E-state index contributed by atoms with van der Waals surface area (Å²) in [5.41, 5.74) is 0. The largest absolute Gasteiger partial charge is 0.359 e. The Kier molecular flexibility index (Phi) is 11.6. The first-order chi connectivity index (χ1) is 12.5. The highest BCUT2D eigenvalue weighted by Crippen LogP contribution is 2.21. The number of hydrogen-bond donors (Lipinski definition) is 2. The third kappa shape index (κ3) is 8.54. The topological polar surface area (TPSA) is 60.0 Å². The molecule has 2 heterocycles. The lowest BCUT2D eigenvalue weighted by atomic mass is 9.93. The van der Waals surface area contributed by atoms with Crippen molar-refractivity contribution >= 4 is 35.8 Å². The Balaban J connectivity index is 0.00000364. The number of likely N-dealkylation sites (tertiary alicyclic amines) is 2. The molecule has 0 aromatic carbocycles. The number of aliphatic imine (C=N–C) groups is 1. The Labute approximate surface area is 182 Å². The van der Waals surface area contributed by atoms with Gasteiger partial charge in [0.25, 0.3) is 0 Å². The molecule has 0 aromatic rings. The standard InChI is InChI=1S/C20H39N5O.HI/c1-16(2)14-24-9-5-6-18(15-24)13-23-20(22-4)25-10-7-17(8-11-25)12-19(26)21-3;/h16-18H,5-15H2,1-4H3,(H,21,26)(H,22,23);1H. The average molecular weight is 493 g/mol. The van der Waals surface area contributed by atoms with E-state index < -0.39 is 0 Å². The van der Waals surface area contributed by atoms with Crippen LogP contribution < -0.4 is 10.6 Å². The second-order valence-corrected chi connectivity index (χ2v) is 8.40. The van der Waals surface area contributed by atoms with Gasteiger partial charge < -0.3 is 20.4 Å². The Morgan fingerprint density at radius 2 is 1.85 bits per heavy atom. The molecule has 2 saturated heterocycles. The molecule has 0 aromatic heterocycles. The van der Waals surface area contributed by atoms with Gasteiger partial charge in [-0.3, -0.25) is 9.79 Å². The summed E-state index contributed by atoms with van der Waals surface area (Å²) in [6, 6.07) is 0. The fraction of sp³-hybridized carbons (Fsp3) is 0.900. The maximum Gasteiger partial charge on any atom is 0.220 e. The molecule has 2 rings (SSSR count). The van der Waals surface area contributed by atoms with E-state index in [2.05, 4.69) is 39.3 Å². The van der Waals surface area contributed by atoms with Gasteiger partial charge in [-0.25, -0.2) is 0 Å². The van der Waals surface area contributed by atoms with E-state index in [0.717, 1.165) is 44.4 Å². The molecule has 27 heavy (non-hydrogen) atoms. The van der Waals surface area contributed by atoms with Gasteiger partial charge in [0.2, 0.25) is 5.91 Å². The SMILES string of the molecule is CN=C(NCC1CCCN(CC(C)C)C1)N1CCC(CC(=O)NC)CC1.I. The number of hydrogen-bond acceptors (Lipinski definition) is 3. The minimum atomic E-state index is 0. The molecule has 2 fully saturated rings. The summed E-state index contributed by atoms with van der Waals surface area (Å²) in [4.78, 5) is 21.0. The van der Waals surface area contributed by atoms with Crippen molar-refractivity contribution in [2.24, 2.45) is 22.7 Å². The van der Waals surface area contributed by atoms with Crippen LogP contribution in [0.3, 0.4) is 0 Å². The zero-order valence-electron chi connectivity index (χ0n) is 17.7. The van der Waals surface area contributed by atoms with Gasteiger partial charge >= 0.3 is 0 Å².